The Hall–Kier alpha value is -4.05. The van der Waals surface area contributed by atoms with Crippen LogP contribution in [-0.2, 0) is 0 Å². The van der Waals surface area contributed by atoms with Crippen LogP contribution in [0.15, 0.2) is 103 Å². The quantitative estimate of drug-likeness (QED) is 0.114. The second-order valence-corrected chi connectivity index (χ2v) is 11.6. The molecule has 0 aliphatic carbocycles. The summed E-state index contributed by atoms with van der Waals surface area (Å²) in [6.45, 7) is 7.46. The minimum absolute atomic E-state index is 0.303. The highest BCUT2D eigenvalue weighted by Crippen LogP contribution is 2.31. The van der Waals surface area contributed by atoms with Crippen molar-refractivity contribution in [3.05, 3.63) is 109 Å². The van der Waals surface area contributed by atoms with E-state index in [4.69, 9.17) is 14.6 Å². The van der Waals surface area contributed by atoms with E-state index >= 15 is 0 Å². The molecule has 0 fully saturated rings. The van der Waals surface area contributed by atoms with E-state index in [1.807, 2.05) is 42.5 Å². The number of carboxylic acid groups (broad SMARTS) is 1. The molecule has 4 aromatic rings. The third-order valence-electron chi connectivity index (χ3n) is 7.84. The fraction of sp³-hybridized carbons (Fsp3) is 0.390. The summed E-state index contributed by atoms with van der Waals surface area (Å²) in [5.41, 5.74) is 4.77. The van der Waals surface area contributed by atoms with Crippen LogP contribution in [0.4, 0.5) is 0 Å². The zero-order chi connectivity index (χ0) is 32.1. The Morgan fingerprint density at radius 3 is 1.84 bits per heavy atom. The molecule has 0 spiro atoms. The summed E-state index contributed by atoms with van der Waals surface area (Å²) in [5.74, 6) is 0.993. The zero-order valence-corrected chi connectivity index (χ0v) is 27.5. The lowest BCUT2D eigenvalue weighted by Crippen LogP contribution is -2.16. The Labute approximate surface area is 271 Å². The maximum atomic E-state index is 10.9. The Balaban J connectivity index is 0.000000248. The van der Waals surface area contributed by atoms with E-state index in [0.717, 1.165) is 48.5 Å². The maximum absolute atomic E-state index is 10.9. The molecule has 0 radical (unpaired) electrons. The molecular weight excluding hydrogens is 556 g/mol. The summed E-state index contributed by atoms with van der Waals surface area (Å²) >= 11 is 0. The van der Waals surface area contributed by atoms with E-state index in [2.05, 4.69) is 69.3 Å². The number of unbranched alkanes of at least 4 members (excludes halogenated alkanes) is 6. The Bertz CT molecular complexity index is 1350. The lowest BCUT2D eigenvalue weighted by molar-refractivity contribution is 0.0697. The Morgan fingerprint density at radius 1 is 0.600 bits per heavy atom. The van der Waals surface area contributed by atoms with Crippen molar-refractivity contribution in [1.82, 2.24) is 0 Å². The Kier molecular flexibility index (Phi) is 16.4. The SMILES string of the molecule is CCCCC(CCC)Oc1ccccc1-c1ccccc1.CCCCCCCCOc1ccc(-c2ccc(C(=O)O)cc2)cc1. The zero-order valence-electron chi connectivity index (χ0n) is 27.5. The van der Waals surface area contributed by atoms with Crippen molar-refractivity contribution >= 4 is 5.97 Å². The summed E-state index contributed by atoms with van der Waals surface area (Å²) in [6.07, 6.45) is 13.8. The van der Waals surface area contributed by atoms with Crippen molar-refractivity contribution in [3.8, 4) is 33.8 Å². The first kappa shape index (κ1) is 35.4. The predicted octanol–water partition coefficient (Wildman–Crippen LogP) is 11.9. The van der Waals surface area contributed by atoms with Gasteiger partial charge in [0.2, 0.25) is 0 Å². The monoisotopic (exact) mass is 608 g/mol. The highest BCUT2D eigenvalue weighted by Gasteiger charge is 2.12. The topological polar surface area (TPSA) is 55.8 Å². The van der Waals surface area contributed by atoms with Gasteiger partial charge in [0.25, 0.3) is 0 Å². The Morgan fingerprint density at radius 2 is 1.20 bits per heavy atom. The molecule has 45 heavy (non-hydrogen) atoms. The van der Waals surface area contributed by atoms with Gasteiger partial charge in [-0.15, -0.1) is 0 Å². The molecule has 0 saturated heterocycles. The van der Waals surface area contributed by atoms with E-state index in [-0.39, 0.29) is 0 Å². The van der Waals surface area contributed by atoms with Gasteiger partial charge < -0.3 is 14.6 Å². The lowest BCUT2D eigenvalue weighted by Gasteiger charge is -2.20. The standard InChI is InChI=1S/C21H26O3.C20H26O/c1-2-3-4-5-6-7-16-24-20-14-12-18(13-15-20)17-8-10-19(11-9-17)21(22)23;1-3-5-14-18(11-4-2)21-20-16-10-9-15-19(20)17-12-7-6-8-13-17/h8-15H,2-7,16H2,1H3,(H,22,23);6-10,12-13,15-16,18H,3-5,11,14H2,1-2H3. The first-order chi connectivity index (χ1) is 22.0. The number of para-hydroxylation sites is 1. The summed E-state index contributed by atoms with van der Waals surface area (Å²) in [7, 11) is 0. The second-order valence-electron chi connectivity index (χ2n) is 11.6. The van der Waals surface area contributed by atoms with Crippen LogP contribution >= 0.6 is 0 Å². The molecule has 0 saturated carbocycles. The third kappa shape index (κ3) is 12.8. The molecule has 1 N–H and O–H groups in total. The molecule has 0 aliphatic heterocycles. The fourth-order valence-corrected chi connectivity index (χ4v) is 5.24. The van der Waals surface area contributed by atoms with Crippen molar-refractivity contribution in [2.75, 3.05) is 6.61 Å². The van der Waals surface area contributed by atoms with Gasteiger partial charge in [0.15, 0.2) is 0 Å². The van der Waals surface area contributed by atoms with Crippen LogP contribution in [0.3, 0.4) is 0 Å². The number of rotatable bonds is 18. The highest BCUT2D eigenvalue weighted by atomic mass is 16.5. The van der Waals surface area contributed by atoms with Crippen LogP contribution in [-0.4, -0.2) is 23.8 Å². The highest BCUT2D eigenvalue weighted by molar-refractivity contribution is 5.88. The minimum Gasteiger partial charge on any atom is -0.494 e. The molecule has 0 aliphatic rings. The van der Waals surface area contributed by atoms with E-state index in [1.54, 1.807) is 12.1 Å². The van der Waals surface area contributed by atoms with Crippen molar-refractivity contribution in [1.29, 1.82) is 0 Å². The van der Waals surface area contributed by atoms with Crippen molar-refractivity contribution in [2.45, 2.75) is 97.5 Å². The van der Waals surface area contributed by atoms with E-state index in [0.29, 0.717) is 11.7 Å². The van der Waals surface area contributed by atoms with Crippen molar-refractivity contribution in [2.24, 2.45) is 0 Å². The largest absolute Gasteiger partial charge is 0.494 e. The van der Waals surface area contributed by atoms with Gasteiger partial charge in [-0.1, -0.05) is 145 Å². The first-order valence-corrected chi connectivity index (χ1v) is 16.9. The van der Waals surface area contributed by atoms with Gasteiger partial charge in [0.05, 0.1) is 18.3 Å². The maximum Gasteiger partial charge on any atom is 0.335 e. The number of hydrogen-bond donors (Lipinski definition) is 1. The summed E-state index contributed by atoms with van der Waals surface area (Å²) in [6, 6.07) is 33.7. The van der Waals surface area contributed by atoms with Gasteiger partial charge in [-0.05, 0) is 66.3 Å². The molecule has 4 heteroatoms. The van der Waals surface area contributed by atoms with Crippen LogP contribution < -0.4 is 9.47 Å². The number of aromatic carboxylic acids is 1. The second kappa shape index (κ2) is 20.8. The van der Waals surface area contributed by atoms with E-state index in [9.17, 15) is 4.79 Å². The number of carboxylic acids is 1. The molecule has 240 valence electrons. The van der Waals surface area contributed by atoms with Crippen LogP contribution in [0, 0.1) is 0 Å². The molecule has 0 heterocycles. The molecule has 1 atom stereocenters. The first-order valence-electron chi connectivity index (χ1n) is 16.9. The number of ether oxygens (including phenoxy) is 2. The molecule has 4 aromatic carbocycles. The molecule has 1 unspecified atom stereocenters. The van der Waals surface area contributed by atoms with Gasteiger partial charge >= 0.3 is 5.97 Å². The summed E-state index contributed by atoms with van der Waals surface area (Å²) in [5, 5.41) is 8.93. The van der Waals surface area contributed by atoms with E-state index in [1.165, 1.54) is 62.5 Å². The van der Waals surface area contributed by atoms with Gasteiger partial charge in [-0.3, -0.25) is 0 Å². The third-order valence-corrected chi connectivity index (χ3v) is 7.84. The molecule has 4 nitrogen and oxygen atoms in total. The number of hydrogen-bond acceptors (Lipinski definition) is 3. The van der Waals surface area contributed by atoms with Gasteiger partial charge in [-0.2, -0.15) is 0 Å². The molecule has 0 bridgehead atoms. The van der Waals surface area contributed by atoms with Crippen LogP contribution in [0.2, 0.25) is 0 Å². The van der Waals surface area contributed by atoms with Crippen molar-refractivity contribution < 1.29 is 19.4 Å². The summed E-state index contributed by atoms with van der Waals surface area (Å²) in [4.78, 5) is 10.9. The number of benzene rings is 4. The lowest BCUT2D eigenvalue weighted by atomic mass is 10.0. The molecule has 0 aromatic heterocycles. The molecular formula is C41H52O4. The van der Waals surface area contributed by atoms with Crippen LogP contribution in [0.25, 0.3) is 22.3 Å². The minimum atomic E-state index is -0.903. The average Bonchev–Trinajstić information content (AvgIpc) is 3.08. The average molecular weight is 609 g/mol. The smallest absolute Gasteiger partial charge is 0.335 e. The van der Waals surface area contributed by atoms with Gasteiger partial charge in [-0.25, -0.2) is 4.79 Å². The van der Waals surface area contributed by atoms with Crippen LogP contribution in [0.1, 0.15) is 102 Å². The van der Waals surface area contributed by atoms with Crippen molar-refractivity contribution in [3.63, 3.8) is 0 Å². The van der Waals surface area contributed by atoms with E-state index < -0.39 is 5.97 Å². The fourth-order valence-electron chi connectivity index (χ4n) is 5.24. The normalized spacial score (nSPS) is 11.3. The predicted molar refractivity (Wildman–Crippen MR) is 188 cm³/mol. The van der Waals surface area contributed by atoms with Gasteiger partial charge in [0, 0.05) is 5.56 Å². The molecule has 4 rings (SSSR count). The van der Waals surface area contributed by atoms with Crippen LogP contribution in [0.5, 0.6) is 11.5 Å². The number of carbonyl (C=O) groups is 1. The molecule has 0 amide bonds. The summed E-state index contributed by atoms with van der Waals surface area (Å²) < 4.78 is 12.1. The van der Waals surface area contributed by atoms with Gasteiger partial charge in [0.1, 0.15) is 11.5 Å².